The summed E-state index contributed by atoms with van der Waals surface area (Å²) in [6.45, 7) is 0.114. The fraction of sp³-hybridized carbons (Fsp3) is 0.417. The molecule has 1 aromatic carbocycles. The molecule has 1 rings (SSSR count). The molecular formula is C12H17N3O3S. The van der Waals surface area contributed by atoms with Crippen molar-refractivity contribution in [2.45, 2.75) is 19.0 Å². The van der Waals surface area contributed by atoms with Gasteiger partial charge >= 0.3 is 0 Å². The van der Waals surface area contributed by atoms with Crippen LogP contribution in [-0.4, -0.2) is 28.9 Å². The van der Waals surface area contributed by atoms with Gasteiger partial charge in [-0.3, -0.25) is 14.9 Å². The summed E-state index contributed by atoms with van der Waals surface area (Å²) in [6.07, 6.45) is 2.53. The predicted octanol–water partition coefficient (Wildman–Crippen LogP) is 1.29. The highest BCUT2D eigenvalue weighted by Gasteiger charge is 2.16. The molecule has 0 radical (unpaired) electrons. The molecule has 3 N–H and O–H groups in total. The lowest BCUT2D eigenvalue weighted by Crippen LogP contribution is -2.40. The minimum absolute atomic E-state index is 0.000449. The van der Waals surface area contributed by atoms with Crippen molar-refractivity contribution in [1.29, 1.82) is 0 Å². The van der Waals surface area contributed by atoms with Gasteiger partial charge in [0.15, 0.2) is 0 Å². The number of rotatable bonds is 7. The fourth-order valence-corrected chi connectivity index (χ4v) is 2.02. The molecule has 1 aromatic rings. The zero-order valence-corrected chi connectivity index (χ0v) is 11.5. The Morgan fingerprint density at radius 3 is 2.84 bits per heavy atom. The first kappa shape index (κ1) is 15.5. The molecule has 0 aromatic heterocycles. The van der Waals surface area contributed by atoms with Gasteiger partial charge in [-0.2, -0.15) is 11.8 Å². The van der Waals surface area contributed by atoms with E-state index in [1.54, 1.807) is 30.0 Å². The van der Waals surface area contributed by atoms with Crippen LogP contribution in [-0.2, 0) is 11.3 Å². The van der Waals surface area contributed by atoms with Gasteiger partial charge < -0.3 is 11.1 Å². The largest absolute Gasteiger partial charge is 0.350 e. The number of nitro benzene ring substituents is 1. The highest BCUT2D eigenvalue weighted by molar-refractivity contribution is 7.98. The molecule has 0 fully saturated rings. The molecule has 1 atom stereocenters. The van der Waals surface area contributed by atoms with Crippen LogP contribution < -0.4 is 11.1 Å². The molecule has 0 bridgehead atoms. The average Bonchev–Trinajstić information content (AvgIpc) is 2.42. The molecule has 0 spiro atoms. The fourth-order valence-electron chi connectivity index (χ4n) is 1.53. The summed E-state index contributed by atoms with van der Waals surface area (Å²) >= 11 is 1.62. The second kappa shape index (κ2) is 7.75. The van der Waals surface area contributed by atoms with E-state index in [-0.39, 0.29) is 18.1 Å². The van der Waals surface area contributed by atoms with Gasteiger partial charge in [-0.1, -0.05) is 18.2 Å². The summed E-state index contributed by atoms with van der Waals surface area (Å²) < 4.78 is 0. The SMILES string of the molecule is CSCC[C@H](N)C(=O)NCc1ccccc1[N+](=O)[O-]. The van der Waals surface area contributed by atoms with Crippen LogP contribution in [0.2, 0.25) is 0 Å². The van der Waals surface area contributed by atoms with E-state index in [9.17, 15) is 14.9 Å². The summed E-state index contributed by atoms with van der Waals surface area (Å²) in [5.41, 5.74) is 6.18. The molecule has 7 heteroatoms. The smallest absolute Gasteiger partial charge is 0.274 e. The molecule has 0 unspecified atom stereocenters. The summed E-state index contributed by atoms with van der Waals surface area (Å²) in [6, 6.07) is 5.74. The number of para-hydroxylation sites is 1. The first-order valence-corrected chi connectivity index (χ1v) is 7.20. The third-order valence-electron chi connectivity index (χ3n) is 2.61. The van der Waals surface area contributed by atoms with Crippen molar-refractivity contribution >= 4 is 23.4 Å². The van der Waals surface area contributed by atoms with E-state index in [0.717, 1.165) is 5.75 Å². The Morgan fingerprint density at radius 1 is 1.53 bits per heavy atom. The Bertz CT molecular complexity index is 454. The van der Waals surface area contributed by atoms with Gasteiger partial charge in [0.05, 0.1) is 11.0 Å². The van der Waals surface area contributed by atoms with Gasteiger partial charge in [-0.05, 0) is 18.4 Å². The van der Waals surface area contributed by atoms with Gasteiger partial charge in [-0.25, -0.2) is 0 Å². The van der Waals surface area contributed by atoms with Crippen molar-refractivity contribution in [3.63, 3.8) is 0 Å². The summed E-state index contributed by atoms with van der Waals surface area (Å²) in [4.78, 5) is 22.0. The van der Waals surface area contributed by atoms with E-state index in [4.69, 9.17) is 5.73 Å². The van der Waals surface area contributed by atoms with Crippen LogP contribution in [0.4, 0.5) is 5.69 Å². The first-order chi connectivity index (χ1) is 9.06. The number of thioether (sulfide) groups is 1. The summed E-state index contributed by atoms with van der Waals surface area (Å²) in [5.74, 6) is 0.521. The lowest BCUT2D eigenvalue weighted by atomic mass is 10.1. The lowest BCUT2D eigenvalue weighted by Gasteiger charge is -2.11. The number of hydrogen-bond donors (Lipinski definition) is 2. The van der Waals surface area contributed by atoms with Gasteiger partial charge in [0.1, 0.15) is 0 Å². The Kier molecular flexibility index (Phi) is 6.31. The van der Waals surface area contributed by atoms with Crippen LogP contribution >= 0.6 is 11.8 Å². The molecule has 19 heavy (non-hydrogen) atoms. The maximum atomic E-state index is 11.7. The van der Waals surface area contributed by atoms with Crippen molar-refractivity contribution in [3.8, 4) is 0 Å². The van der Waals surface area contributed by atoms with E-state index in [0.29, 0.717) is 12.0 Å². The number of nitrogens with two attached hydrogens (primary N) is 1. The molecule has 6 nitrogen and oxygen atoms in total. The van der Waals surface area contributed by atoms with Gasteiger partial charge in [0, 0.05) is 18.2 Å². The maximum Gasteiger partial charge on any atom is 0.274 e. The first-order valence-electron chi connectivity index (χ1n) is 5.80. The van der Waals surface area contributed by atoms with Crippen molar-refractivity contribution in [2.75, 3.05) is 12.0 Å². The van der Waals surface area contributed by atoms with E-state index >= 15 is 0 Å². The molecular weight excluding hydrogens is 266 g/mol. The Labute approximate surface area is 115 Å². The second-order valence-electron chi connectivity index (χ2n) is 3.99. The van der Waals surface area contributed by atoms with Crippen molar-refractivity contribution < 1.29 is 9.72 Å². The van der Waals surface area contributed by atoms with E-state index in [1.165, 1.54) is 6.07 Å². The number of carbonyl (C=O) groups excluding carboxylic acids is 1. The second-order valence-corrected chi connectivity index (χ2v) is 4.98. The highest BCUT2D eigenvalue weighted by atomic mass is 32.2. The van der Waals surface area contributed by atoms with E-state index in [1.807, 2.05) is 6.26 Å². The Hall–Kier alpha value is -1.60. The molecule has 1 amide bonds. The maximum absolute atomic E-state index is 11.7. The Balaban J connectivity index is 2.57. The van der Waals surface area contributed by atoms with Gasteiger partial charge in [-0.15, -0.1) is 0 Å². The van der Waals surface area contributed by atoms with Crippen LogP contribution in [0.25, 0.3) is 0 Å². The van der Waals surface area contributed by atoms with Crippen molar-refractivity contribution in [2.24, 2.45) is 5.73 Å². The third-order valence-corrected chi connectivity index (χ3v) is 3.26. The topological polar surface area (TPSA) is 98.3 Å². The predicted molar refractivity (Wildman–Crippen MR) is 75.9 cm³/mol. The summed E-state index contributed by atoms with van der Waals surface area (Å²) in [7, 11) is 0. The molecule has 0 aliphatic rings. The van der Waals surface area contributed by atoms with Crippen LogP contribution in [0, 0.1) is 10.1 Å². The number of nitrogens with zero attached hydrogens (tertiary/aromatic N) is 1. The number of benzene rings is 1. The van der Waals surface area contributed by atoms with Crippen LogP contribution in [0.1, 0.15) is 12.0 Å². The summed E-state index contributed by atoms with van der Waals surface area (Å²) in [5, 5.41) is 13.4. The highest BCUT2D eigenvalue weighted by Crippen LogP contribution is 2.17. The van der Waals surface area contributed by atoms with Gasteiger partial charge in [0.25, 0.3) is 5.69 Å². The van der Waals surface area contributed by atoms with E-state index < -0.39 is 11.0 Å². The van der Waals surface area contributed by atoms with Crippen LogP contribution in [0.15, 0.2) is 24.3 Å². The average molecular weight is 283 g/mol. The number of amides is 1. The minimum Gasteiger partial charge on any atom is -0.350 e. The van der Waals surface area contributed by atoms with Crippen molar-refractivity contribution in [3.05, 3.63) is 39.9 Å². The standard InChI is InChI=1S/C12H17N3O3S/c1-19-7-6-10(13)12(16)14-8-9-4-2-3-5-11(9)15(17)18/h2-5,10H,6-8,13H2,1H3,(H,14,16)/t10-/m0/s1. The molecule has 0 saturated carbocycles. The molecule has 0 heterocycles. The Morgan fingerprint density at radius 2 is 2.21 bits per heavy atom. The monoisotopic (exact) mass is 283 g/mol. The molecule has 104 valence electrons. The van der Waals surface area contributed by atoms with Crippen LogP contribution in [0.3, 0.4) is 0 Å². The minimum atomic E-state index is -0.574. The third kappa shape index (κ3) is 4.88. The van der Waals surface area contributed by atoms with Crippen LogP contribution in [0.5, 0.6) is 0 Å². The number of nitro groups is 1. The normalized spacial score (nSPS) is 11.9. The molecule has 0 aliphatic heterocycles. The number of hydrogen-bond acceptors (Lipinski definition) is 5. The van der Waals surface area contributed by atoms with E-state index in [2.05, 4.69) is 5.32 Å². The zero-order chi connectivity index (χ0) is 14.3. The molecule has 0 saturated heterocycles. The number of nitrogens with one attached hydrogen (secondary N) is 1. The van der Waals surface area contributed by atoms with Crippen molar-refractivity contribution in [1.82, 2.24) is 5.32 Å². The van der Waals surface area contributed by atoms with Gasteiger partial charge in [0.2, 0.25) is 5.91 Å². The molecule has 0 aliphatic carbocycles. The number of carbonyl (C=O) groups is 1. The lowest BCUT2D eigenvalue weighted by molar-refractivity contribution is -0.385. The zero-order valence-electron chi connectivity index (χ0n) is 10.7. The quantitative estimate of drug-likeness (QED) is 0.580.